The highest BCUT2D eigenvalue weighted by Crippen LogP contribution is 2.45. The minimum absolute atomic E-state index is 0.0821. The van der Waals surface area contributed by atoms with Crippen molar-refractivity contribution in [2.24, 2.45) is 0 Å². The molecule has 2 heterocycles. The summed E-state index contributed by atoms with van der Waals surface area (Å²) in [4.78, 5) is 27.9. The third kappa shape index (κ3) is 3.69. The Kier molecular flexibility index (Phi) is 5.75. The Hall–Kier alpha value is -2.87. The first-order chi connectivity index (χ1) is 14.8. The lowest BCUT2D eigenvalue weighted by atomic mass is 9.99. The highest BCUT2D eigenvalue weighted by molar-refractivity contribution is 7.10. The molecule has 2 aromatic carbocycles. The summed E-state index contributed by atoms with van der Waals surface area (Å²) in [6, 6.07) is 10.6. The van der Waals surface area contributed by atoms with E-state index in [1.165, 1.54) is 59.7 Å². The highest BCUT2D eigenvalue weighted by Gasteiger charge is 2.47. The van der Waals surface area contributed by atoms with Gasteiger partial charge in [-0.2, -0.15) is 0 Å². The van der Waals surface area contributed by atoms with E-state index < -0.39 is 29.3 Å². The number of carbonyl (C=O) groups is 2. The summed E-state index contributed by atoms with van der Waals surface area (Å²) in [6.45, 7) is 0. The average molecular weight is 478 g/mol. The van der Waals surface area contributed by atoms with E-state index in [1.54, 1.807) is 17.5 Å². The van der Waals surface area contributed by atoms with Gasteiger partial charge in [0.15, 0.2) is 0 Å². The van der Waals surface area contributed by atoms with Gasteiger partial charge in [0.25, 0.3) is 11.7 Å². The van der Waals surface area contributed by atoms with Crippen LogP contribution in [0.2, 0.25) is 10.0 Å². The van der Waals surface area contributed by atoms with Crippen LogP contribution in [-0.2, 0) is 9.59 Å². The maximum atomic E-state index is 13.4. The number of hydrogen-bond donors (Lipinski definition) is 1. The summed E-state index contributed by atoms with van der Waals surface area (Å²) in [5, 5.41) is 13.3. The third-order valence-corrected chi connectivity index (χ3v) is 6.25. The van der Waals surface area contributed by atoms with Gasteiger partial charge in [-0.25, -0.2) is 4.39 Å². The Labute approximate surface area is 190 Å². The molecular formula is C22H14Cl2FNO4S. The summed E-state index contributed by atoms with van der Waals surface area (Å²) >= 11 is 13.6. The topological polar surface area (TPSA) is 66.8 Å². The fraction of sp³-hybridized carbons (Fsp3) is 0.0909. The zero-order chi connectivity index (χ0) is 22.3. The fourth-order valence-corrected chi connectivity index (χ4v) is 4.90. The van der Waals surface area contributed by atoms with Gasteiger partial charge in [0, 0.05) is 15.6 Å². The van der Waals surface area contributed by atoms with Crippen molar-refractivity contribution >= 4 is 57.7 Å². The number of rotatable bonds is 4. The number of aliphatic hydroxyl groups excluding tert-OH is 1. The van der Waals surface area contributed by atoms with E-state index >= 15 is 0 Å². The maximum Gasteiger partial charge on any atom is 0.300 e. The first kappa shape index (κ1) is 21.4. The second-order valence-corrected chi connectivity index (χ2v) is 8.45. The number of Topliss-reactive ketones (excluding diaryl/α,β-unsaturated/α-hetero) is 1. The number of ketones is 1. The number of thiophene rings is 1. The lowest BCUT2D eigenvalue weighted by Gasteiger charge is -2.24. The Morgan fingerprint density at radius 1 is 1.16 bits per heavy atom. The maximum absolute atomic E-state index is 13.4. The van der Waals surface area contributed by atoms with Gasteiger partial charge < -0.3 is 9.84 Å². The molecule has 1 aromatic heterocycles. The van der Waals surface area contributed by atoms with Gasteiger partial charge in [-0.15, -0.1) is 11.3 Å². The number of anilines is 1. The first-order valence-corrected chi connectivity index (χ1v) is 10.6. The smallest absolute Gasteiger partial charge is 0.300 e. The molecule has 0 aliphatic carbocycles. The van der Waals surface area contributed by atoms with Crippen molar-refractivity contribution in [1.82, 2.24) is 0 Å². The van der Waals surface area contributed by atoms with Crippen molar-refractivity contribution in [1.29, 1.82) is 0 Å². The largest absolute Gasteiger partial charge is 0.507 e. The molecule has 1 atom stereocenters. The molecule has 1 saturated heterocycles. The van der Waals surface area contributed by atoms with Gasteiger partial charge in [0.2, 0.25) is 0 Å². The number of aliphatic hydroxyl groups is 1. The number of hydrogen-bond acceptors (Lipinski definition) is 5. The predicted octanol–water partition coefficient (Wildman–Crippen LogP) is 5.83. The highest BCUT2D eigenvalue weighted by atomic mass is 35.5. The van der Waals surface area contributed by atoms with Gasteiger partial charge in [-0.05, 0) is 47.8 Å². The van der Waals surface area contributed by atoms with Crippen molar-refractivity contribution in [3.63, 3.8) is 0 Å². The summed E-state index contributed by atoms with van der Waals surface area (Å²) in [5.74, 6) is -2.58. The summed E-state index contributed by atoms with van der Waals surface area (Å²) in [7, 11) is 1.36. The van der Waals surface area contributed by atoms with Crippen LogP contribution < -0.4 is 9.64 Å². The number of methoxy groups -OCH3 is 1. The quantitative estimate of drug-likeness (QED) is 0.291. The van der Waals surface area contributed by atoms with Crippen LogP contribution in [0.1, 0.15) is 16.5 Å². The fourth-order valence-electron chi connectivity index (χ4n) is 3.51. The Balaban J connectivity index is 1.97. The van der Waals surface area contributed by atoms with E-state index in [0.29, 0.717) is 10.6 Å². The van der Waals surface area contributed by atoms with Gasteiger partial charge in [-0.1, -0.05) is 29.3 Å². The zero-order valence-corrected chi connectivity index (χ0v) is 18.3. The van der Waals surface area contributed by atoms with Crippen LogP contribution in [-0.4, -0.2) is 23.9 Å². The Morgan fingerprint density at radius 2 is 1.87 bits per heavy atom. The lowest BCUT2D eigenvalue weighted by Crippen LogP contribution is -2.29. The number of nitrogens with zero attached hydrogens (tertiary/aromatic N) is 1. The van der Waals surface area contributed by atoms with Gasteiger partial charge in [0.1, 0.15) is 23.4 Å². The SMILES string of the molecule is COc1c(Cl)cc(Cl)cc1/C(O)=C1/C(=O)C(=O)N(c2ccc(F)cc2)C1c1cccs1. The van der Waals surface area contributed by atoms with E-state index in [-0.39, 0.29) is 26.9 Å². The first-order valence-electron chi connectivity index (χ1n) is 8.97. The average Bonchev–Trinajstić information content (AvgIpc) is 3.35. The lowest BCUT2D eigenvalue weighted by molar-refractivity contribution is -0.132. The molecule has 1 aliphatic rings. The van der Waals surface area contributed by atoms with Crippen molar-refractivity contribution < 1.29 is 23.8 Å². The predicted molar refractivity (Wildman–Crippen MR) is 119 cm³/mol. The Bertz CT molecular complexity index is 1210. The van der Waals surface area contributed by atoms with Crippen LogP contribution >= 0.6 is 34.5 Å². The van der Waals surface area contributed by atoms with Gasteiger partial charge in [-0.3, -0.25) is 14.5 Å². The van der Waals surface area contributed by atoms with Crippen molar-refractivity contribution in [2.75, 3.05) is 12.0 Å². The molecular weight excluding hydrogens is 464 g/mol. The number of ether oxygens (including phenoxy) is 1. The molecule has 0 radical (unpaired) electrons. The molecule has 0 saturated carbocycles. The molecule has 3 aromatic rings. The molecule has 31 heavy (non-hydrogen) atoms. The molecule has 0 spiro atoms. The second kappa shape index (κ2) is 8.34. The van der Waals surface area contributed by atoms with Crippen LogP contribution in [0.5, 0.6) is 5.75 Å². The van der Waals surface area contributed by atoms with E-state index in [4.69, 9.17) is 27.9 Å². The van der Waals surface area contributed by atoms with Crippen molar-refractivity contribution in [3.8, 4) is 5.75 Å². The Morgan fingerprint density at radius 3 is 2.48 bits per heavy atom. The third-order valence-electron chi connectivity index (χ3n) is 4.83. The summed E-state index contributed by atoms with van der Waals surface area (Å²) in [5.41, 5.74) is 0.254. The second-order valence-electron chi connectivity index (χ2n) is 6.63. The van der Waals surface area contributed by atoms with Crippen LogP contribution in [0.4, 0.5) is 10.1 Å². The molecule has 1 unspecified atom stereocenters. The molecule has 1 aliphatic heterocycles. The number of amides is 1. The molecule has 5 nitrogen and oxygen atoms in total. The molecule has 158 valence electrons. The minimum atomic E-state index is -0.923. The van der Waals surface area contributed by atoms with Crippen LogP contribution in [0.25, 0.3) is 5.76 Å². The normalized spacial score (nSPS) is 17.9. The minimum Gasteiger partial charge on any atom is -0.507 e. The van der Waals surface area contributed by atoms with Crippen molar-refractivity contribution in [2.45, 2.75) is 6.04 Å². The summed E-state index contributed by atoms with van der Waals surface area (Å²) < 4.78 is 18.7. The molecule has 1 fully saturated rings. The zero-order valence-electron chi connectivity index (χ0n) is 15.9. The van der Waals surface area contributed by atoms with Gasteiger partial charge >= 0.3 is 0 Å². The standard InChI is InChI=1S/C22H14Cl2FNO4S/c1-30-21-14(9-11(23)10-15(21)24)19(27)17-18(16-3-2-8-31-16)26(22(29)20(17)28)13-6-4-12(25)5-7-13/h2-10,18,27H,1H3/b19-17-. The van der Waals surface area contributed by atoms with E-state index in [0.717, 1.165) is 0 Å². The molecule has 4 rings (SSSR count). The van der Waals surface area contributed by atoms with Crippen LogP contribution in [0, 0.1) is 5.82 Å². The van der Waals surface area contributed by atoms with Crippen LogP contribution in [0.3, 0.4) is 0 Å². The molecule has 9 heteroatoms. The van der Waals surface area contributed by atoms with E-state index in [2.05, 4.69) is 0 Å². The number of carbonyl (C=O) groups excluding carboxylic acids is 2. The monoisotopic (exact) mass is 477 g/mol. The van der Waals surface area contributed by atoms with E-state index in [1.807, 2.05) is 0 Å². The molecule has 0 bridgehead atoms. The van der Waals surface area contributed by atoms with E-state index in [9.17, 15) is 19.1 Å². The number of benzene rings is 2. The van der Waals surface area contributed by atoms with Crippen molar-refractivity contribution in [3.05, 3.63) is 85.8 Å². The summed E-state index contributed by atoms with van der Waals surface area (Å²) in [6.07, 6.45) is 0. The van der Waals surface area contributed by atoms with Crippen LogP contribution in [0.15, 0.2) is 59.5 Å². The molecule has 1 amide bonds. The van der Waals surface area contributed by atoms with Gasteiger partial charge in [0.05, 0.1) is 23.3 Å². The number of halogens is 3. The molecule has 1 N–H and O–H groups in total.